The average Bonchev–Trinajstić information content (AvgIpc) is 3.46. The molecule has 0 saturated carbocycles. The molecule has 0 aromatic carbocycles. The number of thiophene rings is 1. The topological polar surface area (TPSA) is 101 Å². The molecule has 0 spiro atoms. The molecule has 4 aromatic rings. The number of nitrogens with one attached hydrogen (secondary N) is 3. The predicted octanol–water partition coefficient (Wildman–Crippen LogP) is 3.40. The molecular formula is C18H16FN7OS. The molecule has 5 heterocycles. The molecule has 1 aliphatic heterocycles. The van der Waals surface area contributed by atoms with Gasteiger partial charge in [-0.15, -0.1) is 11.3 Å². The lowest BCUT2D eigenvalue weighted by Gasteiger charge is -2.14. The van der Waals surface area contributed by atoms with E-state index in [0.29, 0.717) is 28.5 Å². The number of rotatable bonds is 5. The van der Waals surface area contributed by atoms with Crippen molar-refractivity contribution in [2.75, 3.05) is 23.7 Å². The minimum absolute atomic E-state index is 0.266. The molecule has 0 bridgehead atoms. The monoisotopic (exact) mass is 397 g/mol. The first kappa shape index (κ1) is 17.0. The molecule has 4 aromatic heterocycles. The van der Waals surface area contributed by atoms with E-state index in [2.05, 4.69) is 36.1 Å². The van der Waals surface area contributed by atoms with E-state index in [1.807, 2.05) is 5.38 Å². The van der Waals surface area contributed by atoms with Crippen molar-refractivity contribution in [2.45, 2.75) is 12.5 Å². The molecule has 0 radical (unpaired) electrons. The zero-order valence-corrected chi connectivity index (χ0v) is 15.5. The van der Waals surface area contributed by atoms with Gasteiger partial charge in [0.2, 0.25) is 0 Å². The van der Waals surface area contributed by atoms with E-state index in [4.69, 9.17) is 4.52 Å². The van der Waals surface area contributed by atoms with Crippen molar-refractivity contribution < 1.29 is 8.91 Å². The zero-order chi connectivity index (χ0) is 18.9. The van der Waals surface area contributed by atoms with Gasteiger partial charge < -0.3 is 20.5 Å². The number of anilines is 3. The van der Waals surface area contributed by atoms with E-state index in [9.17, 15) is 4.39 Å². The first-order valence-electron chi connectivity index (χ1n) is 8.82. The fourth-order valence-electron chi connectivity index (χ4n) is 3.17. The Bertz CT molecular complexity index is 1110. The van der Waals surface area contributed by atoms with Crippen molar-refractivity contribution in [1.29, 1.82) is 0 Å². The molecule has 28 heavy (non-hydrogen) atoms. The number of nitrogens with zero attached hydrogens (tertiary/aromatic N) is 4. The van der Waals surface area contributed by atoms with Crippen molar-refractivity contribution >= 4 is 38.9 Å². The highest BCUT2D eigenvalue weighted by molar-refractivity contribution is 7.18. The van der Waals surface area contributed by atoms with Crippen LogP contribution in [0.3, 0.4) is 0 Å². The number of pyridine rings is 1. The summed E-state index contributed by atoms with van der Waals surface area (Å²) in [5.41, 5.74) is 1.77. The molecule has 1 unspecified atom stereocenters. The van der Waals surface area contributed by atoms with Gasteiger partial charge in [0, 0.05) is 30.2 Å². The molecule has 1 fully saturated rings. The number of halogens is 1. The van der Waals surface area contributed by atoms with Crippen LogP contribution in [0, 0.1) is 5.82 Å². The van der Waals surface area contributed by atoms with Gasteiger partial charge >= 0.3 is 0 Å². The highest BCUT2D eigenvalue weighted by atomic mass is 32.1. The minimum Gasteiger partial charge on any atom is -0.365 e. The first-order chi connectivity index (χ1) is 13.8. The van der Waals surface area contributed by atoms with Crippen molar-refractivity contribution in [3.05, 3.63) is 42.0 Å². The molecule has 0 aliphatic carbocycles. The van der Waals surface area contributed by atoms with Crippen LogP contribution >= 0.6 is 11.3 Å². The van der Waals surface area contributed by atoms with Gasteiger partial charge in [0.1, 0.15) is 17.6 Å². The third kappa shape index (κ3) is 3.16. The largest absolute Gasteiger partial charge is 0.365 e. The first-order valence-corrected chi connectivity index (χ1v) is 9.69. The molecular weight excluding hydrogens is 381 g/mol. The highest BCUT2D eigenvalue weighted by Gasteiger charge is 2.21. The van der Waals surface area contributed by atoms with Crippen LogP contribution in [0.2, 0.25) is 0 Å². The Hall–Kier alpha value is -3.11. The second-order valence-electron chi connectivity index (χ2n) is 6.42. The fourth-order valence-corrected chi connectivity index (χ4v) is 4.06. The van der Waals surface area contributed by atoms with E-state index in [1.165, 1.54) is 30.0 Å². The van der Waals surface area contributed by atoms with Crippen LogP contribution in [-0.4, -0.2) is 39.2 Å². The van der Waals surface area contributed by atoms with Gasteiger partial charge in [0.25, 0.3) is 0 Å². The maximum absolute atomic E-state index is 14.3. The van der Waals surface area contributed by atoms with Gasteiger partial charge in [-0.25, -0.2) is 14.4 Å². The van der Waals surface area contributed by atoms with E-state index < -0.39 is 5.82 Å². The van der Waals surface area contributed by atoms with Crippen molar-refractivity contribution in [1.82, 2.24) is 25.4 Å². The van der Waals surface area contributed by atoms with Crippen LogP contribution in [0.15, 0.2) is 40.7 Å². The molecule has 5 rings (SSSR count). The lowest BCUT2D eigenvalue weighted by Crippen LogP contribution is -2.23. The van der Waals surface area contributed by atoms with Crippen LogP contribution in [0.25, 0.3) is 21.6 Å². The van der Waals surface area contributed by atoms with Crippen LogP contribution in [0.5, 0.6) is 0 Å². The Labute approximate surface area is 163 Å². The second kappa shape index (κ2) is 7.13. The highest BCUT2D eigenvalue weighted by Crippen LogP contribution is 2.37. The molecule has 10 heteroatoms. The van der Waals surface area contributed by atoms with Gasteiger partial charge in [0.15, 0.2) is 17.5 Å². The Morgan fingerprint density at radius 3 is 3.04 bits per heavy atom. The third-order valence-corrected chi connectivity index (χ3v) is 5.51. The molecule has 3 N–H and O–H groups in total. The summed E-state index contributed by atoms with van der Waals surface area (Å²) < 4.78 is 20.1. The van der Waals surface area contributed by atoms with Crippen molar-refractivity contribution in [3.8, 4) is 11.4 Å². The molecule has 142 valence electrons. The van der Waals surface area contributed by atoms with Crippen molar-refractivity contribution in [3.63, 3.8) is 0 Å². The third-order valence-electron chi connectivity index (χ3n) is 4.53. The minimum atomic E-state index is -0.462. The van der Waals surface area contributed by atoms with Crippen LogP contribution in [0.4, 0.5) is 21.7 Å². The summed E-state index contributed by atoms with van der Waals surface area (Å²) in [4.78, 5) is 13.1. The average molecular weight is 397 g/mol. The molecule has 1 atom stereocenters. The standard InChI is InChI=1S/C18H16FN7OS/c19-12-8-21-5-2-11(12)17-24-15-13(23-14-3-6-27-26-14)9-28-16(15)18(25-17)22-10-1-4-20-7-10/h2-3,5-6,8-10,20H,1,4,7H2,(H,23,26)(H,22,24,25). The van der Waals surface area contributed by atoms with E-state index in [1.54, 1.807) is 12.1 Å². The number of hydrogen-bond acceptors (Lipinski definition) is 9. The summed E-state index contributed by atoms with van der Waals surface area (Å²) >= 11 is 1.52. The lowest BCUT2D eigenvalue weighted by molar-refractivity contribution is 0.423. The van der Waals surface area contributed by atoms with E-state index in [-0.39, 0.29) is 6.04 Å². The number of aromatic nitrogens is 4. The Balaban J connectivity index is 1.63. The van der Waals surface area contributed by atoms with E-state index >= 15 is 0 Å². The Morgan fingerprint density at radius 1 is 1.29 bits per heavy atom. The van der Waals surface area contributed by atoms with Gasteiger partial charge in [-0.2, -0.15) is 0 Å². The Morgan fingerprint density at radius 2 is 2.25 bits per heavy atom. The smallest absolute Gasteiger partial charge is 0.173 e. The summed E-state index contributed by atoms with van der Waals surface area (Å²) in [6.07, 6.45) is 5.19. The number of fused-ring (bicyclic) bond motifs is 1. The van der Waals surface area contributed by atoms with Crippen LogP contribution in [0.1, 0.15) is 6.42 Å². The molecule has 1 saturated heterocycles. The molecule has 8 nitrogen and oxygen atoms in total. The van der Waals surface area contributed by atoms with Gasteiger partial charge in [-0.1, -0.05) is 5.16 Å². The lowest BCUT2D eigenvalue weighted by atomic mass is 10.2. The van der Waals surface area contributed by atoms with Gasteiger partial charge in [-0.05, 0) is 19.0 Å². The summed E-state index contributed by atoms with van der Waals surface area (Å²) in [6.45, 7) is 1.82. The molecule has 1 aliphatic rings. The normalized spacial score (nSPS) is 16.5. The van der Waals surface area contributed by atoms with Crippen molar-refractivity contribution in [2.24, 2.45) is 0 Å². The number of hydrogen-bond donors (Lipinski definition) is 3. The van der Waals surface area contributed by atoms with Crippen LogP contribution in [-0.2, 0) is 0 Å². The van der Waals surface area contributed by atoms with Gasteiger partial charge in [0.05, 0.1) is 22.1 Å². The zero-order valence-electron chi connectivity index (χ0n) is 14.6. The SMILES string of the molecule is Fc1cnccc1-c1nc(NC2CCNC2)c2scc(Nc3ccon3)c2n1. The second-order valence-corrected chi connectivity index (χ2v) is 7.30. The quantitative estimate of drug-likeness (QED) is 0.471. The maximum Gasteiger partial charge on any atom is 0.173 e. The van der Waals surface area contributed by atoms with Crippen LogP contribution < -0.4 is 16.0 Å². The summed E-state index contributed by atoms with van der Waals surface area (Å²) in [5.74, 6) is 1.12. The van der Waals surface area contributed by atoms with Gasteiger partial charge in [-0.3, -0.25) is 4.98 Å². The molecule has 0 amide bonds. The summed E-state index contributed by atoms with van der Waals surface area (Å²) in [6, 6.07) is 3.56. The summed E-state index contributed by atoms with van der Waals surface area (Å²) in [5, 5.41) is 15.8. The fraction of sp³-hybridized carbons (Fsp3) is 0.222. The predicted molar refractivity (Wildman–Crippen MR) is 105 cm³/mol. The van der Waals surface area contributed by atoms with E-state index in [0.717, 1.165) is 29.9 Å². The maximum atomic E-state index is 14.3. The Kier molecular flexibility index (Phi) is 4.34. The summed E-state index contributed by atoms with van der Waals surface area (Å²) in [7, 11) is 0.